The number of aliphatic carboxylic acids is 1. The number of halogens is 2. The number of nitrogen functional groups attached to an aromatic ring is 1. The van der Waals surface area contributed by atoms with Crippen molar-refractivity contribution in [2.75, 3.05) is 12.3 Å². The molecule has 2 unspecified atom stereocenters. The smallest absolute Gasteiger partial charge is 0.351 e. The predicted octanol–water partition coefficient (Wildman–Crippen LogP) is 1.97. The number of carboxylic acids is 1. The molecule has 2 aliphatic rings. The molecule has 2 fully saturated rings. The van der Waals surface area contributed by atoms with E-state index in [1.54, 1.807) is 6.92 Å². The normalized spacial score (nSPS) is 31.5. The van der Waals surface area contributed by atoms with Crippen molar-refractivity contribution in [3.8, 4) is 0 Å². The Morgan fingerprint density at radius 2 is 2.03 bits per heavy atom. The van der Waals surface area contributed by atoms with Gasteiger partial charge in [-0.1, -0.05) is 26.2 Å². The van der Waals surface area contributed by atoms with Crippen molar-refractivity contribution in [2.45, 2.75) is 102 Å². The predicted molar refractivity (Wildman–Crippen MR) is 131 cm³/mol. The third-order valence-corrected chi connectivity index (χ3v) is 8.46. The molecule has 6 N–H and O–H groups in total. The first-order chi connectivity index (χ1) is 17.7. The molecule has 1 saturated heterocycles. The number of carbonyl (C=O) groups is 1. The molecule has 0 bridgehead atoms. The Bertz CT molecular complexity index is 1090. The van der Waals surface area contributed by atoms with E-state index in [-0.39, 0.29) is 11.9 Å². The van der Waals surface area contributed by atoms with Crippen LogP contribution in [0.1, 0.15) is 65.5 Å². The molecule has 1 aliphatic carbocycles. The maximum atomic E-state index is 15.8. The first-order valence-corrected chi connectivity index (χ1v) is 14.1. The lowest BCUT2D eigenvalue weighted by Gasteiger charge is -2.32. The molecule has 0 spiro atoms. The van der Waals surface area contributed by atoms with Crippen LogP contribution in [0.4, 0.5) is 14.6 Å². The number of aliphatic hydroxyl groups is 1. The van der Waals surface area contributed by atoms with E-state index >= 15 is 8.78 Å². The van der Waals surface area contributed by atoms with Crippen molar-refractivity contribution in [3.05, 3.63) is 22.7 Å². The third-order valence-electron chi connectivity index (χ3n) is 6.61. The average Bonchev–Trinajstić information content (AvgIpc) is 3.03. The molecule has 13 nitrogen and oxygen atoms in total. The van der Waals surface area contributed by atoms with Gasteiger partial charge < -0.3 is 25.4 Å². The average molecular weight is 568 g/mol. The van der Waals surface area contributed by atoms with Crippen LogP contribution in [-0.4, -0.2) is 68.3 Å². The highest BCUT2D eigenvalue weighted by atomic mass is 31.2. The number of hydrogen-bond acceptors (Lipinski definition) is 9. The number of alkyl halides is 2. The Morgan fingerprint density at radius 1 is 1.37 bits per heavy atom. The van der Waals surface area contributed by atoms with Gasteiger partial charge in [0.2, 0.25) is 0 Å². The lowest BCUT2D eigenvalue weighted by molar-refractivity contribution is -0.203. The molecule has 2 heterocycles. The summed E-state index contributed by atoms with van der Waals surface area (Å²) in [7, 11) is -4.40. The monoisotopic (exact) mass is 567 g/mol. The van der Waals surface area contributed by atoms with Crippen LogP contribution in [-0.2, 0) is 23.4 Å². The van der Waals surface area contributed by atoms with Gasteiger partial charge in [-0.2, -0.15) is 4.98 Å². The second-order valence-electron chi connectivity index (χ2n) is 9.79. The van der Waals surface area contributed by atoms with Crippen LogP contribution < -0.4 is 21.6 Å². The van der Waals surface area contributed by atoms with Crippen LogP contribution in [0.3, 0.4) is 0 Å². The summed E-state index contributed by atoms with van der Waals surface area (Å²) in [6.07, 6.45) is 0.541. The molecule has 3 rings (SSSR count). The van der Waals surface area contributed by atoms with E-state index in [0.29, 0.717) is 11.0 Å². The zero-order valence-electron chi connectivity index (χ0n) is 21.5. The number of nitrogens with two attached hydrogens (primary N) is 1. The van der Waals surface area contributed by atoms with E-state index < -0.39 is 62.1 Å². The van der Waals surface area contributed by atoms with E-state index in [1.165, 1.54) is 6.92 Å². The number of carboxylic acid groups (broad SMARTS) is 1. The van der Waals surface area contributed by atoms with E-state index in [1.807, 2.05) is 0 Å². The maximum absolute atomic E-state index is 15.8. The van der Waals surface area contributed by atoms with Crippen molar-refractivity contribution >= 4 is 19.5 Å². The van der Waals surface area contributed by atoms with Gasteiger partial charge in [0.25, 0.3) is 5.85 Å². The number of nitrogens with one attached hydrogen (secondary N) is 2. The lowest BCUT2D eigenvalue weighted by Crippen LogP contribution is -2.48. The Hall–Kier alpha value is -2.00. The number of anilines is 1. The van der Waals surface area contributed by atoms with Crippen LogP contribution >= 0.6 is 7.67 Å². The fraction of sp³-hybridized carbons (Fsp3) is 0.773. The van der Waals surface area contributed by atoms with Gasteiger partial charge in [0, 0.05) is 6.20 Å². The fourth-order valence-electron chi connectivity index (χ4n) is 4.41. The number of nitrogens with zero attached hydrogens (tertiary/aromatic N) is 2. The third kappa shape index (κ3) is 6.95. The van der Waals surface area contributed by atoms with Crippen LogP contribution in [0, 0.1) is 0 Å². The van der Waals surface area contributed by atoms with Crippen molar-refractivity contribution in [1.29, 1.82) is 0 Å². The Labute approximate surface area is 218 Å². The zero-order chi connectivity index (χ0) is 28.3. The van der Waals surface area contributed by atoms with Crippen molar-refractivity contribution in [2.24, 2.45) is 0 Å². The van der Waals surface area contributed by atoms with Gasteiger partial charge >= 0.3 is 19.3 Å². The Kier molecular flexibility index (Phi) is 9.67. The number of rotatable bonds is 12. The number of hydrogen-bond donors (Lipinski definition) is 5. The second kappa shape index (κ2) is 12.0. The van der Waals surface area contributed by atoms with Crippen molar-refractivity contribution < 1.29 is 42.4 Å². The zero-order valence-corrected chi connectivity index (χ0v) is 22.4. The minimum Gasteiger partial charge on any atom is -0.480 e. The molecule has 216 valence electrons. The van der Waals surface area contributed by atoms with E-state index in [2.05, 4.69) is 15.2 Å². The summed E-state index contributed by atoms with van der Waals surface area (Å²) in [5, 5.41) is 24.7. The molecule has 1 saturated carbocycles. The number of ether oxygens (including phenoxy) is 2. The maximum Gasteiger partial charge on any atom is 0.351 e. The minimum absolute atomic E-state index is 0.112. The molecule has 16 heteroatoms. The largest absolute Gasteiger partial charge is 0.480 e. The molecule has 1 aromatic rings. The van der Waals surface area contributed by atoms with Gasteiger partial charge in [0.1, 0.15) is 24.7 Å². The molecular weight excluding hydrogens is 531 g/mol. The molecule has 0 amide bonds. The molecule has 7 atom stereocenters. The van der Waals surface area contributed by atoms with Gasteiger partial charge in [-0.15, -0.1) is 0 Å². The van der Waals surface area contributed by atoms with Crippen LogP contribution in [0.15, 0.2) is 17.1 Å². The minimum atomic E-state index is -4.40. The SMILES string of the molecule is CCC(NP(=O)(N[C@@H](C)C(=O)O)OC[C@@]1(F)O[C@@H](n2ccc(N)nc2=O)[C@](C)(F)[C@@H]1O)OC1CCCCC1. The summed E-state index contributed by atoms with van der Waals surface area (Å²) in [5.41, 5.74) is 1.54. The molecule has 1 aromatic heterocycles. The second-order valence-corrected chi connectivity index (χ2v) is 11.7. The highest BCUT2D eigenvalue weighted by Gasteiger charge is 2.65. The quantitative estimate of drug-likeness (QED) is 0.183. The van der Waals surface area contributed by atoms with Gasteiger partial charge in [0.15, 0.2) is 18.0 Å². The highest BCUT2D eigenvalue weighted by Crippen LogP contribution is 2.50. The highest BCUT2D eigenvalue weighted by molar-refractivity contribution is 7.54. The molecule has 1 aliphatic heterocycles. The summed E-state index contributed by atoms with van der Waals surface area (Å²) in [5.74, 6) is -4.81. The number of aliphatic hydroxyl groups excluding tert-OH is 1. The van der Waals surface area contributed by atoms with Gasteiger partial charge in [-0.3, -0.25) is 18.5 Å². The molecular formula is C22H36F2N5O8P. The van der Waals surface area contributed by atoms with Gasteiger partial charge in [-0.25, -0.2) is 23.7 Å². The summed E-state index contributed by atoms with van der Waals surface area (Å²) >= 11 is 0. The lowest BCUT2D eigenvalue weighted by atomic mass is 9.97. The first-order valence-electron chi connectivity index (χ1n) is 12.5. The summed E-state index contributed by atoms with van der Waals surface area (Å²) in [6.45, 7) is 2.47. The van der Waals surface area contributed by atoms with Crippen molar-refractivity contribution in [1.82, 2.24) is 19.7 Å². The standard InChI is InChI=1S/C22H36F2N5O8P/c1-4-16(36-14-8-6-5-7-9-14)28-38(34,27-13(2)17(30)31)35-12-22(24)18(32)21(3,23)19(37-22)29-11-10-15(25)26-20(29)33/h10-11,13-14,16,18-19,32H,4-9,12H2,1-3H3,(H,30,31)(H2,25,26,33)(H2,27,28,34)/t13-,16?,18-,19+,21+,22+,38?/m0/s1. The first kappa shape index (κ1) is 30.5. The fourth-order valence-corrected chi connectivity index (χ4v) is 6.23. The van der Waals surface area contributed by atoms with E-state index in [9.17, 15) is 24.4 Å². The molecule has 38 heavy (non-hydrogen) atoms. The summed E-state index contributed by atoms with van der Waals surface area (Å²) in [6, 6.07) is -0.238. The van der Waals surface area contributed by atoms with Crippen LogP contribution in [0.2, 0.25) is 0 Å². The van der Waals surface area contributed by atoms with E-state index in [4.69, 9.17) is 19.7 Å². The summed E-state index contributed by atoms with van der Waals surface area (Å²) < 4.78 is 62.1. The molecule has 0 radical (unpaired) electrons. The van der Waals surface area contributed by atoms with Crippen molar-refractivity contribution in [3.63, 3.8) is 0 Å². The van der Waals surface area contributed by atoms with Gasteiger partial charge in [0.05, 0.1) is 6.10 Å². The summed E-state index contributed by atoms with van der Waals surface area (Å²) in [4.78, 5) is 27.1. The van der Waals surface area contributed by atoms with Crippen LogP contribution in [0.5, 0.6) is 0 Å². The molecule has 0 aromatic carbocycles. The number of aromatic nitrogens is 2. The topological polar surface area (TPSA) is 187 Å². The Balaban J connectivity index is 1.80. The van der Waals surface area contributed by atoms with E-state index in [0.717, 1.165) is 51.3 Å². The Morgan fingerprint density at radius 3 is 2.61 bits per heavy atom. The van der Waals surface area contributed by atoms with Crippen LogP contribution in [0.25, 0.3) is 0 Å². The van der Waals surface area contributed by atoms with Gasteiger partial charge in [-0.05, 0) is 39.2 Å².